The molecule has 6 saturated heterocycles. The van der Waals surface area contributed by atoms with E-state index in [0.717, 1.165) is 78.6 Å². The van der Waals surface area contributed by atoms with Gasteiger partial charge in [-0.05, 0) is 86.1 Å². The molecule has 0 spiro atoms. The molecule has 0 aromatic heterocycles. The van der Waals surface area contributed by atoms with E-state index < -0.39 is 23.7 Å². The van der Waals surface area contributed by atoms with Gasteiger partial charge in [-0.3, -0.25) is 4.79 Å². The Kier molecular flexibility index (Phi) is 51.8. The molecule has 21 heteroatoms. The van der Waals surface area contributed by atoms with Crippen LogP contribution < -0.4 is 0 Å². The Balaban J connectivity index is -0.000000251. The van der Waals surface area contributed by atoms with Gasteiger partial charge in [-0.15, -0.1) is 0 Å². The van der Waals surface area contributed by atoms with Crippen molar-refractivity contribution in [1.29, 1.82) is 0 Å². The summed E-state index contributed by atoms with van der Waals surface area (Å²) in [5, 5.41) is 0. The molecule has 78 heavy (non-hydrogen) atoms. The van der Waals surface area contributed by atoms with Crippen LogP contribution in [0.25, 0.3) is 0 Å². The van der Waals surface area contributed by atoms with E-state index >= 15 is 0 Å². The average Bonchev–Trinajstić information content (AvgIpc) is 4.10. The summed E-state index contributed by atoms with van der Waals surface area (Å²) in [4.78, 5) is 40.2. The SMILES string of the molecule is C=C(C(=O)OC)C(F)(F)F.C=C(C)C(=O)OC.C=CC(=O)CC.C=CC(=O)OC.C=COC.CC1CO1.CC1OC1(C)C.CCCC1(C)COC1.CCOC.COCC1(C)CO1.COCC1CCC2OC2C1.COCC1CO1. The van der Waals surface area contributed by atoms with Crippen LogP contribution in [-0.2, 0) is 85.5 Å². The summed E-state index contributed by atoms with van der Waals surface area (Å²) < 4.78 is 100. The fraction of sp³-hybridized carbons (Fsp3) is 0.754. The van der Waals surface area contributed by atoms with Crippen molar-refractivity contribution in [1.82, 2.24) is 0 Å². The quantitative estimate of drug-likeness (QED) is 0.0490. The number of carbonyl (C=O) groups is 4. The number of methoxy groups -OCH3 is 8. The van der Waals surface area contributed by atoms with Crippen LogP contribution in [0.3, 0.4) is 0 Å². The van der Waals surface area contributed by atoms with E-state index in [1.54, 1.807) is 42.5 Å². The number of epoxide rings is 5. The molecule has 0 aromatic carbocycles. The van der Waals surface area contributed by atoms with Crippen molar-refractivity contribution in [2.75, 3.05) is 116 Å². The van der Waals surface area contributed by atoms with Crippen molar-refractivity contribution in [3.63, 3.8) is 0 Å². The number of carbonyl (C=O) groups excluding carboxylic acids is 4. The average molecular weight is 1130 g/mol. The lowest BCUT2D eigenvalue weighted by molar-refractivity contribution is -0.148. The zero-order chi connectivity index (χ0) is 61.6. The van der Waals surface area contributed by atoms with Crippen molar-refractivity contribution in [2.45, 2.75) is 156 Å². The third kappa shape index (κ3) is 55.3. The maximum atomic E-state index is 11.5. The minimum absolute atomic E-state index is 0.0781. The van der Waals surface area contributed by atoms with Crippen LogP contribution in [0.5, 0.6) is 0 Å². The second-order valence-corrected chi connectivity index (χ2v) is 19.0. The Labute approximate surface area is 466 Å². The molecule has 0 radical (unpaired) electrons. The number of ketones is 1. The highest BCUT2D eigenvalue weighted by atomic mass is 19.4. The number of hydrogen-bond donors (Lipinski definition) is 0. The first-order valence-corrected chi connectivity index (χ1v) is 25.7. The Morgan fingerprint density at radius 1 is 0.718 bits per heavy atom. The summed E-state index contributed by atoms with van der Waals surface area (Å²) in [6.07, 6.45) is 8.87. The number of halogens is 3. The van der Waals surface area contributed by atoms with Gasteiger partial charge in [0.2, 0.25) is 0 Å². The standard InChI is InChI=1S/C8H14O2.C7H14O.C5H5F3O2.C5H10O2.C5H8O2.C5H10O.C5H8O.C4H8O2.C4H6O2.C3H6O.C3H8O.C3H6O/c1-9-5-6-2-3-7-8(4-6)10-7;1-3-4-7(2)5-8-6-7;1-3(4(9)10-2)5(6,7)8;1-5(3-6-2)4-7-5;1-4(2)5(6)7-3;1-4-5(2,3)6-4;1-3-5(6)4-2;1-5-2-4-3-6-4;1-3-4(5)6-2;1-3-2-4-3;2*1-3-4-2/h6-8H,2-5H2,1H3;3-6H2,1-2H3;1H2,2H3;3-4H2,1-2H3;1H2,2-3H3;4H,1-3H3;3H,1,4H2,2H3;4H,2-3H2,1H3;3H,1H2,2H3;3H,2H2,1H3;3H2,1-2H3;3H,1H2,2H3. The maximum absolute atomic E-state index is 11.5. The van der Waals surface area contributed by atoms with Gasteiger partial charge in [-0.2, -0.15) is 13.2 Å². The molecule has 6 aliphatic heterocycles. The van der Waals surface area contributed by atoms with Crippen molar-refractivity contribution in [2.24, 2.45) is 11.3 Å². The van der Waals surface area contributed by atoms with Crippen molar-refractivity contribution >= 4 is 23.7 Å². The Hall–Kier alpha value is -4.03. The molecule has 18 nitrogen and oxygen atoms in total. The molecule has 6 heterocycles. The van der Waals surface area contributed by atoms with Gasteiger partial charge in [0, 0.05) is 65.1 Å². The second-order valence-electron chi connectivity index (χ2n) is 19.0. The van der Waals surface area contributed by atoms with E-state index in [2.05, 4.69) is 98.1 Å². The number of rotatable bonds is 15. The fourth-order valence-corrected chi connectivity index (χ4v) is 5.09. The molecule has 7 unspecified atom stereocenters. The molecule has 1 saturated carbocycles. The summed E-state index contributed by atoms with van der Waals surface area (Å²) in [6, 6.07) is 0. The number of ether oxygens (including phenoxy) is 14. The van der Waals surface area contributed by atoms with Gasteiger partial charge in [-0.1, -0.05) is 60.1 Å². The predicted octanol–water partition coefficient (Wildman–Crippen LogP) is 10.0. The van der Waals surface area contributed by atoms with Crippen LogP contribution in [0.15, 0.2) is 62.5 Å². The molecular formula is C57H103F3O18. The summed E-state index contributed by atoms with van der Waals surface area (Å²) in [6.45, 7) is 43.8. The topological polar surface area (TPSA) is 214 Å². The van der Waals surface area contributed by atoms with Crippen LogP contribution >= 0.6 is 0 Å². The summed E-state index contributed by atoms with van der Waals surface area (Å²) in [5.41, 5.74) is -0.221. The first-order valence-electron chi connectivity index (χ1n) is 25.7. The normalized spacial score (nSPS) is 23.0. The van der Waals surface area contributed by atoms with Gasteiger partial charge in [0.05, 0.1) is 111 Å². The molecule has 0 aromatic rings. The zero-order valence-electron chi connectivity index (χ0n) is 50.8. The minimum atomic E-state index is -4.69. The number of esters is 3. The van der Waals surface area contributed by atoms with Gasteiger partial charge >= 0.3 is 24.1 Å². The van der Waals surface area contributed by atoms with E-state index in [-0.39, 0.29) is 23.0 Å². The lowest BCUT2D eigenvalue weighted by Gasteiger charge is -2.37. The highest BCUT2D eigenvalue weighted by Crippen LogP contribution is 2.39. The van der Waals surface area contributed by atoms with Crippen molar-refractivity contribution in [3.05, 3.63) is 62.5 Å². The summed E-state index contributed by atoms with van der Waals surface area (Å²) >= 11 is 0. The summed E-state index contributed by atoms with van der Waals surface area (Å²) in [5.74, 6) is -1.31. The van der Waals surface area contributed by atoms with Gasteiger partial charge in [0.25, 0.3) is 0 Å². The van der Waals surface area contributed by atoms with Gasteiger partial charge < -0.3 is 66.3 Å². The second kappa shape index (κ2) is 48.8. The highest BCUT2D eigenvalue weighted by molar-refractivity contribution is 5.89. The van der Waals surface area contributed by atoms with Crippen LogP contribution in [0.1, 0.15) is 108 Å². The molecule has 0 N–H and O–H groups in total. The van der Waals surface area contributed by atoms with Crippen LogP contribution in [0.4, 0.5) is 13.2 Å². The lowest BCUT2D eigenvalue weighted by Crippen LogP contribution is -2.39. The van der Waals surface area contributed by atoms with Crippen molar-refractivity contribution < 1.29 is 98.7 Å². The summed E-state index contributed by atoms with van der Waals surface area (Å²) in [7, 11) is 11.9. The van der Waals surface area contributed by atoms with Gasteiger partial charge in [0.1, 0.15) is 17.3 Å². The monoisotopic (exact) mass is 1130 g/mol. The molecular weight excluding hydrogens is 1030 g/mol. The zero-order valence-corrected chi connectivity index (χ0v) is 50.8. The molecule has 0 amide bonds. The number of alkyl halides is 3. The number of hydrogen-bond acceptors (Lipinski definition) is 18. The van der Waals surface area contributed by atoms with E-state index in [1.165, 1.54) is 58.7 Å². The largest absolute Gasteiger partial charge is 0.505 e. The predicted molar refractivity (Wildman–Crippen MR) is 296 cm³/mol. The first kappa shape index (κ1) is 82.8. The Morgan fingerprint density at radius 2 is 1.19 bits per heavy atom. The van der Waals surface area contributed by atoms with Crippen molar-refractivity contribution in [3.8, 4) is 0 Å². The molecule has 1 aliphatic carbocycles. The van der Waals surface area contributed by atoms with E-state index in [1.807, 2.05) is 20.8 Å². The highest BCUT2D eigenvalue weighted by Gasteiger charge is 2.44. The first-order chi connectivity index (χ1) is 36.4. The lowest BCUT2D eigenvalue weighted by atomic mass is 9.84. The van der Waals surface area contributed by atoms with E-state index in [0.29, 0.717) is 47.9 Å². The molecule has 7 atom stereocenters. The van der Waals surface area contributed by atoms with E-state index in [9.17, 15) is 32.3 Å². The van der Waals surface area contributed by atoms with Gasteiger partial charge in [0.15, 0.2) is 5.78 Å². The molecule has 460 valence electrons. The van der Waals surface area contributed by atoms with E-state index in [4.69, 9.17) is 42.6 Å². The fourth-order valence-electron chi connectivity index (χ4n) is 5.09. The maximum Gasteiger partial charge on any atom is 0.422 e. The minimum Gasteiger partial charge on any atom is -0.505 e. The third-order valence-electron chi connectivity index (χ3n) is 10.7. The molecule has 7 fully saturated rings. The van der Waals surface area contributed by atoms with Crippen LogP contribution in [-0.4, -0.2) is 188 Å². The molecule has 7 aliphatic rings. The van der Waals surface area contributed by atoms with Crippen LogP contribution in [0, 0.1) is 11.3 Å². The number of allylic oxidation sites excluding steroid dienone is 1. The Bertz CT molecular complexity index is 1580. The number of fused-ring (bicyclic) bond motifs is 1. The smallest absolute Gasteiger partial charge is 0.422 e. The van der Waals surface area contributed by atoms with Gasteiger partial charge in [-0.25, -0.2) is 14.4 Å². The Morgan fingerprint density at radius 3 is 1.33 bits per heavy atom. The third-order valence-corrected chi connectivity index (χ3v) is 10.7. The molecule has 0 bridgehead atoms. The van der Waals surface area contributed by atoms with Crippen LogP contribution in [0.2, 0.25) is 0 Å². The molecule has 7 rings (SSSR count).